The minimum absolute atomic E-state index is 0.249. The van der Waals surface area contributed by atoms with Crippen LogP contribution in [-0.4, -0.2) is 48.3 Å². The molecule has 1 rings (SSSR count). The zero-order valence-electron chi connectivity index (χ0n) is 11.3. The van der Waals surface area contributed by atoms with Crippen LogP contribution in [0, 0.1) is 5.41 Å². The van der Waals surface area contributed by atoms with E-state index in [1.54, 1.807) is 0 Å². The lowest BCUT2D eigenvalue weighted by Gasteiger charge is -2.42. The van der Waals surface area contributed by atoms with Crippen LogP contribution in [0.4, 0.5) is 0 Å². The van der Waals surface area contributed by atoms with E-state index in [1.165, 1.54) is 25.9 Å². The van der Waals surface area contributed by atoms with Gasteiger partial charge in [0.2, 0.25) is 0 Å². The number of hydrogen-bond donors (Lipinski definition) is 2. The van der Waals surface area contributed by atoms with Crippen LogP contribution < -0.4 is 5.32 Å². The van der Waals surface area contributed by atoms with Gasteiger partial charge in [-0.05, 0) is 38.3 Å². The van der Waals surface area contributed by atoms with Crippen LogP contribution >= 0.6 is 0 Å². The Morgan fingerprint density at radius 1 is 1.31 bits per heavy atom. The van der Waals surface area contributed by atoms with Gasteiger partial charge < -0.3 is 15.3 Å². The highest BCUT2D eigenvalue weighted by Gasteiger charge is 2.29. The minimum Gasteiger partial charge on any atom is -0.395 e. The standard InChI is InChI=1S/C13H28N2O/c1-11(13(2,3)4)15-8-5-12(6-9-15)14-7-10-16/h11-12,14,16H,5-10H2,1-4H3. The molecule has 0 saturated carbocycles. The molecule has 1 aliphatic heterocycles. The molecule has 16 heavy (non-hydrogen) atoms. The molecule has 3 heteroatoms. The van der Waals surface area contributed by atoms with Gasteiger partial charge in [-0.25, -0.2) is 0 Å². The maximum Gasteiger partial charge on any atom is 0.0556 e. The quantitative estimate of drug-likeness (QED) is 0.765. The van der Waals surface area contributed by atoms with Crippen LogP contribution in [0.1, 0.15) is 40.5 Å². The number of aliphatic hydroxyl groups is 1. The van der Waals surface area contributed by atoms with E-state index in [-0.39, 0.29) is 6.61 Å². The number of nitrogens with one attached hydrogen (secondary N) is 1. The lowest BCUT2D eigenvalue weighted by Crippen LogP contribution is -2.49. The van der Waals surface area contributed by atoms with E-state index < -0.39 is 0 Å². The first-order chi connectivity index (χ1) is 7.45. The summed E-state index contributed by atoms with van der Waals surface area (Å²) in [5.74, 6) is 0. The Morgan fingerprint density at radius 3 is 2.31 bits per heavy atom. The van der Waals surface area contributed by atoms with Gasteiger partial charge in [0.05, 0.1) is 6.61 Å². The van der Waals surface area contributed by atoms with Gasteiger partial charge in [-0.3, -0.25) is 0 Å². The van der Waals surface area contributed by atoms with E-state index >= 15 is 0 Å². The average Bonchev–Trinajstić information content (AvgIpc) is 2.25. The zero-order valence-corrected chi connectivity index (χ0v) is 11.3. The summed E-state index contributed by atoms with van der Waals surface area (Å²) in [6, 6.07) is 1.25. The van der Waals surface area contributed by atoms with Crippen molar-refractivity contribution in [1.29, 1.82) is 0 Å². The monoisotopic (exact) mass is 228 g/mol. The Hall–Kier alpha value is -0.120. The summed E-state index contributed by atoms with van der Waals surface area (Å²) in [4.78, 5) is 2.59. The number of rotatable bonds is 4. The van der Waals surface area contributed by atoms with Crippen molar-refractivity contribution in [3.05, 3.63) is 0 Å². The van der Waals surface area contributed by atoms with E-state index in [2.05, 4.69) is 37.9 Å². The summed E-state index contributed by atoms with van der Waals surface area (Å²) < 4.78 is 0. The topological polar surface area (TPSA) is 35.5 Å². The first kappa shape index (κ1) is 13.9. The molecule has 1 fully saturated rings. The van der Waals surface area contributed by atoms with Gasteiger partial charge in [0.25, 0.3) is 0 Å². The Balaban J connectivity index is 2.31. The molecule has 1 unspecified atom stereocenters. The molecule has 2 N–H and O–H groups in total. The number of likely N-dealkylation sites (tertiary alicyclic amines) is 1. The number of piperidine rings is 1. The van der Waals surface area contributed by atoms with Crippen LogP contribution in [0.3, 0.4) is 0 Å². The normalized spacial score (nSPS) is 22.3. The summed E-state index contributed by atoms with van der Waals surface area (Å²) in [5, 5.41) is 12.2. The smallest absolute Gasteiger partial charge is 0.0556 e. The minimum atomic E-state index is 0.249. The van der Waals surface area contributed by atoms with Crippen molar-refractivity contribution in [2.24, 2.45) is 5.41 Å². The molecule has 0 aromatic heterocycles. The molecule has 0 bridgehead atoms. The van der Waals surface area contributed by atoms with Gasteiger partial charge in [0.15, 0.2) is 0 Å². The molecule has 0 amide bonds. The van der Waals surface area contributed by atoms with Crippen LogP contribution in [0.25, 0.3) is 0 Å². The average molecular weight is 228 g/mol. The second kappa shape index (κ2) is 5.99. The molecule has 3 nitrogen and oxygen atoms in total. The molecule has 0 spiro atoms. The zero-order chi connectivity index (χ0) is 12.2. The van der Waals surface area contributed by atoms with Gasteiger partial charge in [-0.15, -0.1) is 0 Å². The third-order valence-corrected chi connectivity index (χ3v) is 3.88. The van der Waals surface area contributed by atoms with Gasteiger partial charge in [-0.2, -0.15) is 0 Å². The molecule has 1 saturated heterocycles. The predicted octanol–water partition coefficient (Wildman–Crippen LogP) is 1.47. The van der Waals surface area contributed by atoms with E-state index in [4.69, 9.17) is 5.11 Å². The van der Waals surface area contributed by atoms with E-state index in [9.17, 15) is 0 Å². The first-order valence-electron chi connectivity index (χ1n) is 6.53. The van der Waals surface area contributed by atoms with Gasteiger partial charge >= 0.3 is 0 Å². The van der Waals surface area contributed by atoms with E-state index in [1.807, 2.05) is 0 Å². The lowest BCUT2D eigenvalue weighted by atomic mass is 9.85. The van der Waals surface area contributed by atoms with Crippen molar-refractivity contribution >= 4 is 0 Å². The number of aliphatic hydroxyl groups excluding tert-OH is 1. The second-order valence-corrected chi connectivity index (χ2v) is 6.03. The molecule has 0 aromatic rings. The van der Waals surface area contributed by atoms with E-state index in [0.29, 0.717) is 17.5 Å². The highest BCUT2D eigenvalue weighted by atomic mass is 16.3. The molecule has 0 radical (unpaired) electrons. The summed E-state index contributed by atoms with van der Waals surface area (Å²) >= 11 is 0. The van der Waals surface area contributed by atoms with Gasteiger partial charge in [0.1, 0.15) is 0 Å². The Bertz CT molecular complexity index is 193. The van der Waals surface area contributed by atoms with Gasteiger partial charge in [-0.1, -0.05) is 20.8 Å². The summed E-state index contributed by atoms with van der Waals surface area (Å²) in [5.41, 5.74) is 0.366. The fourth-order valence-electron chi connectivity index (χ4n) is 2.31. The summed E-state index contributed by atoms with van der Waals surface area (Å²) in [6.07, 6.45) is 2.42. The molecule has 0 aromatic carbocycles. The fourth-order valence-corrected chi connectivity index (χ4v) is 2.31. The van der Waals surface area contributed by atoms with Crippen molar-refractivity contribution in [3.63, 3.8) is 0 Å². The number of nitrogens with zero attached hydrogens (tertiary/aromatic N) is 1. The first-order valence-corrected chi connectivity index (χ1v) is 6.53. The molecule has 0 aliphatic carbocycles. The Kier molecular flexibility index (Phi) is 5.22. The van der Waals surface area contributed by atoms with E-state index in [0.717, 1.165) is 6.54 Å². The van der Waals surface area contributed by atoms with Crippen LogP contribution in [-0.2, 0) is 0 Å². The fraction of sp³-hybridized carbons (Fsp3) is 1.00. The molecule has 1 atom stereocenters. The number of hydrogen-bond acceptors (Lipinski definition) is 3. The molecule has 1 aliphatic rings. The van der Waals surface area contributed by atoms with Crippen molar-refractivity contribution in [2.45, 2.75) is 52.6 Å². The van der Waals surface area contributed by atoms with Crippen LogP contribution in [0.5, 0.6) is 0 Å². The SMILES string of the molecule is CC(N1CCC(NCCO)CC1)C(C)(C)C. The summed E-state index contributed by atoms with van der Waals surface area (Å²) in [6.45, 7) is 12.6. The van der Waals surface area contributed by atoms with Gasteiger partial charge in [0, 0.05) is 18.6 Å². The van der Waals surface area contributed by atoms with Crippen LogP contribution in [0.2, 0.25) is 0 Å². The van der Waals surface area contributed by atoms with Crippen molar-refractivity contribution < 1.29 is 5.11 Å². The third-order valence-electron chi connectivity index (χ3n) is 3.88. The molecular weight excluding hydrogens is 200 g/mol. The third kappa shape index (κ3) is 4.04. The second-order valence-electron chi connectivity index (χ2n) is 6.03. The van der Waals surface area contributed by atoms with Crippen molar-refractivity contribution in [1.82, 2.24) is 10.2 Å². The van der Waals surface area contributed by atoms with Crippen molar-refractivity contribution in [2.75, 3.05) is 26.2 Å². The molecular formula is C13H28N2O. The molecule has 96 valence electrons. The predicted molar refractivity (Wildman–Crippen MR) is 68.6 cm³/mol. The highest BCUT2D eigenvalue weighted by molar-refractivity contribution is 4.85. The Morgan fingerprint density at radius 2 is 1.88 bits per heavy atom. The Labute approximate surface area is 100 Å². The van der Waals surface area contributed by atoms with Crippen LogP contribution in [0.15, 0.2) is 0 Å². The maximum absolute atomic E-state index is 8.77. The highest BCUT2D eigenvalue weighted by Crippen LogP contribution is 2.26. The maximum atomic E-state index is 8.77. The lowest BCUT2D eigenvalue weighted by molar-refractivity contribution is 0.0814. The molecule has 1 heterocycles. The largest absolute Gasteiger partial charge is 0.395 e. The summed E-state index contributed by atoms with van der Waals surface area (Å²) in [7, 11) is 0. The van der Waals surface area contributed by atoms with Crippen molar-refractivity contribution in [3.8, 4) is 0 Å².